The Morgan fingerprint density at radius 3 is 0.917 bits per heavy atom. The van der Waals surface area contributed by atoms with Gasteiger partial charge in [-0.3, -0.25) is 0 Å². The molecule has 0 fully saturated rings. The Kier molecular flexibility index (Phi) is 7.62. The van der Waals surface area contributed by atoms with E-state index < -0.39 is 17.9 Å². The summed E-state index contributed by atoms with van der Waals surface area (Å²) in [6, 6.07) is 0. The second-order valence-corrected chi connectivity index (χ2v) is 12.7. The highest BCUT2D eigenvalue weighted by molar-refractivity contribution is 6.23. The smallest absolute Gasteiger partial charge is 0.313 e. The predicted molar refractivity (Wildman–Crippen MR) is 182 cm³/mol. The van der Waals surface area contributed by atoms with Crippen molar-refractivity contribution in [3.63, 3.8) is 0 Å². The number of allylic oxidation sites excluding steroid dienone is 12. The Labute approximate surface area is 278 Å². The third-order valence-electron chi connectivity index (χ3n) is 9.46. The number of benzene rings is 1. The maximum absolute atomic E-state index is 12.7. The van der Waals surface area contributed by atoms with Gasteiger partial charge in [-0.25, -0.2) is 14.4 Å². The molecule has 0 bridgehead atoms. The molecule has 0 N–H and O–H groups in total. The lowest BCUT2D eigenvalue weighted by molar-refractivity contribution is -0.139. The number of hydrogen-bond donors (Lipinski definition) is 0. The summed E-state index contributed by atoms with van der Waals surface area (Å²) in [5, 5.41) is 13.6. The molecule has 6 atom stereocenters. The van der Waals surface area contributed by atoms with E-state index in [9.17, 15) is 14.4 Å². The quantitative estimate of drug-likeness (QED) is 0.195. The van der Waals surface area contributed by atoms with Gasteiger partial charge in [0.15, 0.2) is 0 Å². The van der Waals surface area contributed by atoms with E-state index in [4.69, 9.17) is 14.5 Å². The fourth-order valence-electron chi connectivity index (χ4n) is 7.40. The largest absolute Gasteiger partial charge is 0.360 e. The van der Waals surface area contributed by atoms with E-state index in [0.29, 0.717) is 17.1 Å². The Morgan fingerprint density at radius 1 is 0.458 bits per heavy atom. The van der Waals surface area contributed by atoms with Gasteiger partial charge < -0.3 is 14.5 Å². The molecule has 1 aromatic rings. The van der Waals surface area contributed by atoms with Gasteiger partial charge in [0.2, 0.25) is 0 Å². The van der Waals surface area contributed by atoms with E-state index in [1.165, 1.54) is 0 Å². The van der Waals surface area contributed by atoms with Gasteiger partial charge in [-0.1, -0.05) is 108 Å². The van der Waals surface area contributed by atoms with Gasteiger partial charge in [-0.05, 0) is 37.5 Å². The maximum atomic E-state index is 12.7. The molecule has 7 rings (SSSR count). The highest BCUT2D eigenvalue weighted by Gasteiger charge is 2.53. The topological polar surface area (TPSA) is 116 Å². The van der Waals surface area contributed by atoms with E-state index in [0.717, 1.165) is 33.4 Å². The van der Waals surface area contributed by atoms with Crippen molar-refractivity contribution in [2.75, 3.05) is 0 Å². The van der Waals surface area contributed by atoms with Crippen LogP contribution in [-0.2, 0) is 28.9 Å². The van der Waals surface area contributed by atoms with E-state index in [-0.39, 0.29) is 52.2 Å². The average molecular weight is 640 g/mol. The van der Waals surface area contributed by atoms with Crippen LogP contribution in [0.25, 0.3) is 0 Å². The van der Waals surface area contributed by atoms with Crippen molar-refractivity contribution in [2.45, 2.75) is 38.5 Å². The van der Waals surface area contributed by atoms with E-state index >= 15 is 0 Å². The maximum Gasteiger partial charge on any atom is 0.360 e. The molecule has 240 valence electrons. The van der Waals surface area contributed by atoms with Crippen LogP contribution in [0.15, 0.2) is 125 Å². The number of oxime groups is 3. The highest BCUT2D eigenvalue weighted by Crippen LogP contribution is 2.59. The van der Waals surface area contributed by atoms with Crippen LogP contribution in [0.5, 0.6) is 0 Å². The fraction of sp³-hybridized carbons (Fsp3) is 0.231. The zero-order valence-electron chi connectivity index (χ0n) is 26.8. The Balaban J connectivity index is 1.59. The minimum absolute atomic E-state index is 0.190. The number of nitrogens with zero attached hydrogens (tertiary/aromatic N) is 3. The molecule has 6 aliphatic carbocycles. The molecule has 9 heteroatoms. The van der Waals surface area contributed by atoms with Gasteiger partial charge in [0.1, 0.15) is 0 Å². The lowest BCUT2D eigenvalue weighted by atomic mass is 9.81. The summed E-state index contributed by atoms with van der Waals surface area (Å²) in [6.45, 7) is 15.8. The van der Waals surface area contributed by atoms with Crippen LogP contribution in [0.4, 0.5) is 0 Å². The normalized spacial score (nSPS) is 28.4. The van der Waals surface area contributed by atoms with E-state index in [1.54, 1.807) is 20.8 Å². The SMILES string of the molecule is C=C(C)C(=O)ON=C1c2c(c3c(c4c2C2C=CC=CC2/C4=N/OC(=O)C(=C)C)C2C=CC=CC2/C3=N\OC(=O)C(=C)C)C2C=CC=CC12. The van der Waals surface area contributed by atoms with Crippen molar-refractivity contribution in [1.82, 2.24) is 0 Å². The molecular weight excluding hydrogens is 606 g/mol. The first-order valence-electron chi connectivity index (χ1n) is 15.7. The third kappa shape index (κ3) is 4.76. The van der Waals surface area contributed by atoms with E-state index in [1.807, 2.05) is 54.7 Å². The van der Waals surface area contributed by atoms with Crippen molar-refractivity contribution < 1.29 is 28.9 Å². The monoisotopic (exact) mass is 639 g/mol. The third-order valence-corrected chi connectivity index (χ3v) is 9.46. The van der Waals surface area contributed by atoms with Gasteiger partial charge in [-0.2, -0.15) is 0 Å². The molecule has 0 radical (unpaired) electrons. The van der Waals surface area contributed by atoms with Crippen molar-refractivity contribution in [2.24, 2.45) is 33.2 Å². The van der Waals surface area contributed by atoms with Gasteiger partial charge in [-0.15, -0.1) is 0 Å². The van der Waals surface area contributed by atoms with Crippen molar-refractivity contribution in [3.05, 3.63) is 143 Å². The molecule has 0 saturated carbocycles. The molecule has 0 heterocycles. The number of carbonyl (C=O) groups excluding carboxylic acids is 3. The van der Waals surface area contributed by atoms with Gasteiger partial charge >= 0.3 is 17.9 Å². The predicted octanol–water partition coefficient (Wildman–Crippen LogP) is 6.68. The summed E-state index contributed by atoms with van der Waals surface area (Å²) in [4.78, 5) is 54.4. The van der Waals surface area contributed by atoms with Crippen LogP contribution in [0.2, 0.25) is 0 Å². The van der Waals surface area contributed by atoms with Crippen LogP contribution >= 0.6 is 0 Å². The number of fused-ring (bicyclic) bond motifs is 12. The Bertz CT molecular complexity index is 1780. The zero-order chi connectivity index (χ0) is 33.9. The van der Waals surface area contributed by atoms with Crippen LogP contribution in [-0.4, -0.2) is 35.0 Å². The summed E-state index contributed by atoms with van der Waals surface area (Å²) >= 11 is 0. The molecule has 0 amide bonds. The zero-order valence-corrected chi connectivity index (χ0v) is 26.8. The molecule has 6 unspecified atom stereocenters. The first kappa shape index (κ1) is 30.9. The number of hydrogen-bond acceptors (Lipinski definition) is 9. The Morgan fingerprint density at radius 2 is 0.688 bits per heavy atom. The lowest BCUT2D eigenvalue weighted by Crippen LogP contribution is -2.16. The number of rotatable bonds is 6. The van der Waals surface area contributed by atoms with Gasteiger partial charge in [0.25, 0.3) is 0 Å². The molecule has 1 aromatic carbocycles. The van der Waals surface area contributed by atoms with Crippen LogP contribution in [0, 0.1) is 17.8 Å². The molecule has 48 heavy (non-hydrogen) atoms. The summed E-state index contributed by atoms with van der Waals surface area (Å²) in [7, 11) is 0. The Hall–Kier alpha value is -5.70. The molecule has 6 aliphatic rings. The molecule has 0 saturated heterocycles. The first-order valence-corrected chi connectivity index (χ1v) is 15.7. The molecule has 9 nitrogen and oxygen atoms in total. The minimum Gasteiger partial charge on any atom is -0.313 e. The van der Waals surface area contributed by atoms with E-state index in [2.05, 4.69) is 53.4 Å². The van der Waals surface area contributed by atoms with Crippen LogP contribution < -0.4 is 0 Å². The molecule has 0 aromatic heterocycles. The standard InChI is InChI=1S/C39H33N3O6/c1-19(2)37(43)46-40-34-25-16-10-7-13-22(25)28-31(34)29-23-14-8-11-17-26(23)35(41-47-38(44)20(3)4)33(29)30-24-15-9-12-18-27(24)36(32(28)30)42-48-39(45)21(5)6/h7-18,22-27H,1,3,5H2,2,4,6H3/b40-34-,41-35+,42-36?. The van der Waals surface area contributed by atoms with Crippen molar-refractivity contribution in [3.8, 4) is 0 Å². The number of carbonyl (C=O) groups is 3. The van der Waals surface area contributed by atoms with Crippen molar-refractivity contribution >= 4 is 35.0 Å². The second kappa shape index (κ2) is 11.8. The first-order chi connectivity index (χ1) is 23.1. The fourth-order valence-corrected chi connectivity index (χ4v) is 7.40. The van der Waals surface area contributed by atoms with Gasteiger partial charge in [0, 0.05) is 68.9 Å². The summed E-state index contributed by atoms with van der Waals surface area (Å²) in [5.41, 5.74) is 7.65. The second-order valence-electron chi connectivity index (χ2n) is 12.7. The minimum atomic E-state index is -0.636. The summed E-state index contributed by atoms with van der Waals surface area (Å²) in [5.74, 6) is -3.28. The summed E-state index contributed by atoms with van der Waals surface area (Å²) in [6.07, 6.45) is 24.3. The highest BCUT2D eigenvalue weighted by atomic mass is 16.7. The lowest BCUT2D eigenvalue weighted by Gasteiger charge is -2.21. The summed E-state index contributed by atoms with van der Waals surface area (Å²) < 4.78 is 0. The van der Waals surface area contributed by atoms with Gasteiger partial charge in [0.05, 0.1) is 17.1 Å². The van der Waals surface area contributed by atoms with Crippen molar-refractivity contribution in [1.29, 1.82) is 0 Å². The molecule has 0 spiro atoms. The van der Waals surface area contributed by atoms with Crippen LogP contribution in [0.1, 0.15) is 71.9 Å². The molecular formula is C39H33N3O6. The molecule has 0 aliphatic heterocycles. The van der Waals surface area contributed by atoms with Crippen LogP contribution in [0.3, 0.4) is 0 Å². The average Bonchev–Trinajstić information content (AvgIpc) is 3.70.